The average molecular weight is 354 g/mol. The zero-order valence-electron chi connectivity index (χ0n) is 16.6. The molecule has 0 aromatic heterocycles. The molecule has 0 aliphatic rings. The van der Waals surface area contributed by atoms with Gasteiger partial charge in [-0.15, -0.1) is 0 Å². The Labute approximate surface area is 157 Å². The van der Waals surface area contributed by atoms with Gasteiger partial charge in [-0.2, -0.15) is 0 Å². The van der Waals surface area contributed by atoms with E-state index in [1.54, 1.807) is 6.92 Å². The molecule has 0 spiro atoms. The summed E-state index contributed by atoms with van der Waals surface area (Å²) in [6.07, 6.45) is 2.89. The van der Waals surface area contributed by atoms with Crippen molar-refractivity contribution < 1.29 is 9.53 Å². The Bertz CT molecular complexity index is 719. The SMILES string of the molecule is CCCCc1ccc(NC(=O)C(C)Oc2cc(C)ccc2C(C)C)cc1. The van der Waals surface area contributed by atoms with Crippen LogP contribution in [0.2, 0.25) is 0 Å². The minimum absolute atomic E-state index is 0.137. The van der Waals surface area contributed by atoms with Crippen molar-refractivity contribution in [3.8, 4) is 5.75 Å². The van der Waals surface area contributed by atoms with Crippen molar-refractivity contribution in [2.45, 2.75) is 65.9 Å². The number of amides is 1. The molecule has 3 nitrogen and oxygen atoms in total. The Hall–Kier alpha value is -2.29. The zero-order chi connectivity index (χ0) is 19.1. The molecule has 0 heterocycles. The first-order valence-electron chi connectivity index (χ1n) is 9.57. The standard InChI is InChI=1S/C23H31NO2/c1-6-7-8-19-10-12-20(13-11-19)24-23(25)18(5)26-22-15-17(4)9-14-21(22)16(2)3/h9-16,18H,6-8H2,1-5H3,(H,24,25). The molecule has 2 rings (SSSR count). The van der Waals surface area contributed by atoms with E-state index in [4.69, 9.17) is 4.74 Å². The number of benzene rings is 2. The molecule has 0 bridgehead atoms. The number of ether oxygens (including phenoxy) is 1. The molecule has 1 atom stereocenters. The summed E-state index contributed by atoms with van der Waals surface area (Å²) in [5, 5.41) is 2.94. The van der Waals surface area contributed by atoms with Gasteiger partial charge in [-0.25, -0.2) is 0 Å². The number of carbonyl (C=O) groups is 1. The van der Waals surface area contributed by atoms with Gasteiger partial charge in [0.25, 0.3) is 5.91 Å². The average Bonchev–Trinajstić information content (AvgIpc) is 2.60. The van der Waals surface area contributed by atoms with Gasteiger partial charge in [0.05, 0.1) is 0 Å². The summed E-state index contributed by atoms with van der Waals surface area (Å²) in [6, 6.07) is 14.2. The lowest BCUT2D eigenvalue weighted by Gasteiger charge is -2.19. The first kappa shape index (κ1) is 20.0. The predicted molar refractivity (Wildman–Crippen MR) is 109 cm³/mol. The Kier molecular flexibility index (Phi) is 7.26. The lowest BCUT2D eigenvalue weighted by atomic mass is 10.0. The van der Waals surface area contributed by atoms with Gasteiger partial charge >= 0.3 is 0 Å². The third kappa shape index (κ3) is 5.62. The van der Waals surface area contributed by atoms with Crippen molar-refractivity contribution in [3.05, 3.63) is 59.2 Å². The predicted octanol–water partition coefficient (Wildman–Crippen LogP) is 5.87. The fourth-order valence-corrected chi connectivity index (χ4v) is 2.84. The summed E-state index contributed by atoms with van der Waals surface area (Å²) in [4.78, 5) is 12.5. The normalized spacial score (nSPS) is 12.1. The topological polar surface area (TPSA) is 38.3 Å². The Balaban J connectivity index is 2.01. The number of hydrogen-bond donors (Lipinski definition) is 1. The number of aryl methyl sites for hydroxylation is 2. The van der Waals surface area contributed by atoms with E-state index < -0.39 is 6.10 Å². The molecule has 1 amide bonds. The van der Waals surface area contributed by atoms with Crippen molar-refractivity contribution in [3.63, 3.8) is 0 Å². The third-order valence-electron chi connectivity index (χ3n) is 4.50. The molecule has 1 unspecified atom stereocenters. The van der Waals surface area contributed by atoms with Crippen LogP contribution < -0.4 is 10.1 Å². The van der Waals surface area contributed by atoms with Crippen LogP contribution in [0.3, 0.4) is 0 Å². The van der Waals surface area contributed by atoms with Crippen molar-refractivity contribution in [2.24, 2.45) is 0 Å². The van der Waals surface area contributed by atoms with Crippen LogP contribution in [0.15, 0.2) is 42.5 Å². The zero-order valence-corrected chi connectivity index (χ0v) is 16.6. The van der Waals surface area contributed by atoms with Gasteiger partial charge < -0.3 is 10.1 Å². The van der Waals surface area contributed by atoms with Crippen LogP contribution in [-0.4, -0.2) is 12.0 Å². The summed E-state index contributed by atoms with van der Waals surface area (Å²) < 4.78 is 5.99. The van der Waals surface area contributed by atoms with Gasteiger partial charge in [0.15, 0.2) is 6.10 Å². The molecule has 0 saturated heterocycles. The van der Waals surface area contributed by atoms with E-state index in [1.807, 2.05) is 25.1 Å². The molecule has 140 valence electrons. The Morgan fingerprint density at radius 3 is 2.38 bits per heavy atom. The fraction of sp³-hybridized carbons (Fsp3) is 0.435. The van der Waals surface area contributed by atoms with Gasteiger partial charge in [-0.1, -0.05) is 51.5 Å². The maximum Gasteiger partial charge on any atom is 0.265 e. The lowest BCUT2D eigenvalue weighted by Crippen LogP contribution is -2.30. The first-order chi connectivity index (χ1) is 12.4. The summed E-state index contributed by atoms with van der Waals surface area (Å²) in [5.74, 6) is 0.997. The van der Waals surface area contributed by atoms with E-state index in [9.17, 15) is 4.79 Å². The summed E-state index contributed by atoms with van der Waals surface area (Å²) in [5.41, 5.74) is 4.35. The smallest absolute Gasteiger partial charge is 0.265 e. The van der Waals surface area contributed by atoms with Crippen molar-refractivity contribution in [2.75, 3.05) is 5.32 Å². The molecule has 26 heavy (non-hydrogen) atoms. The highest BCUT2D eigenvalue weighted by Gasteiger charge is 2.17. The molecule has 2 aromatic rings. The second-order valence-electron chi connectivity index (χ2n) is 7.25. The molecular formula is C23H31NO2. The second kappa shape index (κ2) is 9.42. The summed E-state index contributed by atoms with van der Waals surface area (Å²) in [6.45, 7) is 10.3. The molecule has 3 heteroatoms. The van der Waals surface area contributed by atoms with Gasteiger partial charge in [0.1, 0.15) is 5.75 Å². The monoisotopic (exact) mass is 353 g/mol. The fourth-order valence-electron chi connectivity index (χ4n) is 2.84. The third-order valence-corrected chi connectivity index (χ3v) is 4.50. The Morgan fingerprint density at radius 2 is 1.77 bits per heavy atom. The van der Waals surface area contributed by atoms with E-state index in [0.29, 0.717) is 5.92 Å². The summed E-state index contributed by atoms with van der Waals surface area (Å²) >= 11 is 0. The largest absolute Gasteiger partial charge is 0.481 e. The molecule has 0 aliphatic carbocycles. The lowest BCUT2D eigenvalue weighted by molar-refractivity contribution is -0.122. The van der Waals surface area contributed by atoms with Crippen molar-refractivity contribution in [1.29, 1.82) is 0 Å². The number of anilines is 1. The van der Waals surface area contributed by atoms with E-state index in [2.05, 4.69) is 50.4 Å². The van der Waals surface area contributed by atoms with Gasteiger partial charge in [0.2, 0.25) is 0 Å². The van der Waals surface area contributed by atoms with E-state index >= 15 is 0 Å². The Morgan fingerprint density at radius 1 is 1.08 bits per heavy atom. The minimum Gasteiger partial charge on any atom is -0.481 e. The van der Waals surface area contributed by atoms with Crippen LogP contribution in [0.5, 0.6) is 5.75 Å². The maximum atomic E-state index is 12.5. The van der Waals surface area contributed by atoms with Crippen LogP contribution in [0.25, 0.3) is 0 Å². The first-order valence-corrected chi connectivity index (χ1v) is 9.57. The highest BCUT2D eigenvalue weighted by atomic mass is 16.5. The highest BCUT2D eigenvalue weighted by Crippen LogP contribution is 2.28. The maximum absolute atomic E-state index is 12.5. The minimum atomic E-state index is -0.561. The number of nitrogens with one attached hydrogen (secondary N) is 1. The van der Waals surface area contributed by atoms with Crippen LogP contribution in [0, 0.1) is 6.92 Å². The number of unbranched alkanes of at least 4 members (excludes halogenated alkanes) is 1. The molecule has 0 fully saturated rings. The molecule has 0 radical (unpaired) electrons. The highest BCUT2D eigenvalue weighted by molar-refractivity contribution is 5.94. The van der Waals surface area contributed by atoms with Crippen LogP contribution >= 0.6 is 0 Å². The van der Waals surface area contributed by atoms with E-state index in [1.165, 1.54) is 18.4 Å². The van der Waals surface area contributed by atoms with Gasteiger partial charge in [-0.05, 0) is 67.5 Å². The van der Waals surface area contributed by atoms with Crippen LogP contribution in [0.1, 0.15) is 63.1 Å². The number of carbonyl (C=O) groups excluding carboxylic acids is 1. The number of hydrogen-bond acceptors (Lipinski definition) is 2. The molecule has 0 saturated carbocycles. The molecular weight excluding hydrogens is 322 g/mol. The molecule has 2 aromatic carbocycles. The van der Waals surface area contributed by atoms with Crippen molar-refractivity contribution >= 4 is 11.6 Å². The summed E-state index contributed by atoms with van der Waals surface area (Å²) in [7, 11) is 0. The van der Waals surface area contributed by atoms with Crippen LogP contribution in [-0.2, 0) is 11.2 Å². The quantitative estimate of drug-likeness (QED) is 0.645. The van der Waals surface area contributed by atoms with Gasteiger partial charge in [-0.3, -0.25) is 4.79 Å². The van der Waals surface area contributed by atoms with Gasteiger partial charge in [0, 0.05) is 5.69 Å². The van der Waals surface area contributed by atoms with Crippen LogP contribution in [0.4, 0.5) is 5.69 Å². The van der Waals surface area contributed by atoms with E-state index in [-0.39, 0.29) is 5.91 Å². The molecule has 1 N–H and O–H groups in total. The number of rotatable bonds is 8. The second-order valence-corrected chi connectivity index (χ2v) is 7.25. The van der Waals surface area contributed by atoms with Crippen molar-refractivity contribution in [1.82, 2.24) is 0 Å². The van der Waals surface area contributed by atoms with E-state index in [0.717, 1.165) is 29.0 Å². The molecule has 0 aliphatic heterocycles.